The molecule has 1 atom stereocenters. The Labute approximate surface area is 93.6 Å². The topological polar surface area (TPSA) is 20.2 Å². The first-order chi connectivity index (χ1) is 6.50. The average Bonchev–Trinajstić information content (AvgIpc) is 2.08. The van der Waals surface area contributed by atoms with E-state index in [4.69, 9.17) is 0 Å². The summed E-state index contributed by atoms with van der Waals surface area (Å²) in [6, 6.07) is 5.90. The van der Waals surface area contributed by atoms with Gasteiger partial charge in [0.25, 0.3) is 0 Å². The van der Waals surface area contributed by atoms with Crippen molar-refractivity contribution in [3.05, 3.63) is 46.0 Å². The van der Waals surface area contributed by atoms with Gasteiger partial charge in [0.2, 0.25) is 0 Å². The SMILES string of the molecule is C=C(C)CC(O)c1ccc(Br)c(C)c1. The van der Waals surface area contributed by atoms with Gasteiger partial charge in [-0.3, -0.25) is 0 Å². The zero-order valence-electron chi connectivity index (χ0n) is 8.55. The van der Waals surface area contributed by atoms with Gasteiger partial charge in [0.05, 0.1) is 6.10 Å². The molecule has 0 heterocycles. The van der Waals surface area contributed by atoms with Crippen molar-refractivity contribution in [2.75, 3.05) is 0 Å². The second-order valence-electron chi connectivity index (χ2n) is 3.69. The Hall–Kier alpha value is -0.600. The summed E-state index contributed by atoms with van der Waals surface area (Å²) in [7, 11) is 0. The van der Waals surface area contributed by atoms with E-state index in [2.05, 4.69) is 22.5 Å². The molecular formula is C12H15BrO. The highest BCUT2D eigenvalue weighted by Crippen LogP contribution is 2.24. The fourth-order valence-corrected chi connectivity index (χ4v) is 1.57. The summed E-state index contributed by atoms with van der Waals surface area (Å²) in [4.78, 5) is 0. The maximum absolute atomic E-state index is 9.83. The van der Waals surface area contributed by atoms with Gasteiger partial charge in [0, 0.05) is 4.47 Å². The highest BCUT2D eigenvalue weighted by molar-refractivity contribution is 9.10. The maximum Gasteiger partial charge on any atom is 0.0827 e. The van der Waals surface area contributed by atoms with E-state index >= 15 is 0 Å². The fourth-order valence-electron chi connectivity index (χ4n) is 1.32. The molecule has 0 saturated heterocycles. The van der Waals surface area contributed by atoms with Crippen LogP contribution >= 0.6 is 15.9 Å². The molecule has 0 aliphatic heterocycles. The molecule has 1 nitrogen and oxygen atoms in total. The number of rotatable bonds is 3. The molecule has 0 aromatic heterocycles. The summed E-state index contributed by atoms with van der Waals surface area (Å²) in [5.41, 5.74) is 3.09. The highest BCUT2D eigenvalue weighted by Gasteiger charge is 2.08. The molecule has 0 spiro atoms. The summed E-state index contributed by atoms with van der Waals surface area (Å²) < 4.78 is 1.07. The van der Waals surface area contributed by atoms with Crippen molar-refractivity contribution in [1.29, 1.82) is 0 Å². The van der Waals surface area contributed by atoms with E-state index < -0.39 is 6.10 Å². The van der Waals surface area contributed by atoms with Crippen LogP contribution in [0, 0.1) is 6.92 Å². The van der Waals surface area contributed by atoms with Crippen LogP contribution < -0.4 is 0 Å². The Bertz CT molecular complexity index is 344. The summed E-state index contributed by atoms with van der Waals surface area (Å²) in [6.07, 6.45) is 0.195. The normalized spacial score (nSPS) is 12.6. The minimum Gasteiger partial charge on any atom is -0.388 e. The molecule has 1 unspecified atom stereocenters. The third-order valence-electron chi connectivity index (χ3n) is 2.11. The van der Waals surface area contributed by atoms with E-state index in [1.807, 2.05) is 32.0 Å². The monoisotopic (exact) mass is 254 g/mol. The van der Waals surface area contributed by atoms with Crippen LogP contribution in [0.1, 0.15) is 30.6 Å². The predicted molar refractivity (Wildman–Crippen MR) is 63.3 cm³/mol. The molecule has 0 aliphatic carbocycles. The molecule has 76 valence electrons. The van der Waals surface area contributed by atoms with Crippen LogP contribution in [0.15, 0.2) is 34.8 Å². The molecule has 0 radical (unpaired) electrons. The van der Waals surface area contributed by atoms with E-state index in [0.717, 1.165) is 21.2 Å². The molecule has 1 aromatic carbocycles. The Morgan fingerprint density at radius 3 is 2.71 bits per heavy atom. The number of benzene rings is 1. The lowest BCUT2D eigenvalue weighted by atomic mass is 10.0. The van der Waals surface area contributed by atoms with E-state index in [0.29, 0.717) is 6.42 Å². The van der Waals surface area contributed by atoms with E-state index in [1.165, 1.54) is 0 Å². The van der Waals surface area contributed by atoms with Gasteiger partial charge >= 0.3 is 0 Å². The number of hydrogen-bond acceptors (Lipinski definition) is 1. The van der Waals surface area contributed by atoms with Crippen molar-refractivity contribution in [2.24, 2.45) is 0 Å². The first kappa shape index (κ1) is 11.5. The summed E-state index contributed by atoms with van der Waals surface area (Å²) in [5, 5.41) is 9.83. The second kappa shape index (κ2) is 4.76. The maximum atomic E-state index is 9.83. The van der Waals surface area contributed by atoms with Crippen molar-refractivity contribution < 1.29 is 5.11 Å². The Morgan fingerprint density at radius 2 is 2.21 bits per heavy atom. The van der Waals surface area contributed by atoms with Gasteiger partial charge in [0.15, 0.2) is 0 Å². The molecule has 1 aromatic rings. The van der Waals surface area contributed by atoms with Gasteiger partial charge in [-0.15, -0.1) is 6.58 Å². The van der Waals surface area contributed by atoms with Crippen LogP contribution in [-0.2, 0) is 0 Å². The van der Waals surface area contributed by atoms with Gasteiger partial charge in [0.1, 0.15) is 0 Å². The molecule has 14 heavy (non-hydrogen) atoms. The molecular weight excluding hydrogens is 240 g/mol. The summed E-state index contributed by atoms with van der Waals surface area (Å²) in [6.45, 7) is 7.73. The zero-order chi connectivity index (χ0) is 10.7. The highest BCUT2D eigenvalue weighted by atomic mass is 79.9. The fraction of sp³-hybridized carbons (Fsp3) is 0.333. The van der Waals surface area contributed by atoms with Crippen molar-refractivity contribution in [3.63, 3.8) is 0 Å². The molecule has 1 N–H and O–H groups in total. The van der Waals surface area contributed by atoms with E-state index in [9.17, 15) is 5.11 Å². The number of aryl methyl sites for hydroxylation is 1. The van der Waals surface area contributed by atoms with Crippen molar-refractivity contribution in [1.82, 2.24) is 0 Å². The third-order valence-corrected chi connectivity index (χ3v) is 3.00. The first-order valence-corrected chi connectivity index (χ1v) is 5.38. The first-order valence-electron chi connectivity index (χ1n) is 4.59. The lowest BCUT2D eigenvalue weighted by Gasteiger charge is -2.11. The van der Waals surface area contributed by atoms with Crippen LogP contribution in [0.25, 0.3) is 0 Å². The van der Waals surface area contributed by atoms with Crippen LogP contribution in [0.5, 0.6) is 0 Å². The standard InChI is InChI=1S/C12H15BrO/c1-8(2)6-12(14)10-4-5-11(13)9(3)7-10/h4-5,7,12,14H,1,6H2,2-3H3. The van der Waals surface area contributed by atoms with Gasteiger partial charge in [-0.05, 0) is 37.5 Å². The Kier molecular flexibility index (Phi) is 3.90. The van der Waals surface area contributed by atoms with Gasteiger partial charge in [-0.1, -0.05) is 33.6 Å². The lowest BCUT2D eigenvalue weighted by molar-refractivity contribution is 0.178. The number of aliphatic hydroxyl groups excluding tert-OH is 1. The Morgan fingerprint density at radius 1 is 1.57 bits per heavy atom. The van der Waals surface area contributed by atoms with Crippen molar-refractivity contribution in [2.45, 2.75) is 26.4 Å². The number of aliphatic hydroxyl groups is 1. The van der Waals surface area contributed by atoms with Crippen LogP contribution in [0.3, 0.4) is 0 Å². The number of halogens is 1. The molecule has 0 bridgehead atoms. The smallest absolute Gasteiger partial charge is 0.0827 e. The molecule has 0 fully saturated rings. The Balaban J connectivity index is 2.85. The molecule has 0 aliphatic rings. The van der Waals surface area contributed by atoms with Crippen molar-refractivity contribution in [3.8, 4) is 0 Å². The van der Waals surface area contributed by atoms with Gasteiger partial charge < -0.3 is 5.11 Å². The quantitative estimate of drug-likeness (QED) is 0.815. The van der Waals surface area contributed by atoms with Gasteiger partial charge in [-0.25, -0.2) is 0 Å². The minimum atomic E-state index is -0.431. The van der Waals surface area contributed by atoms with Crippen LogP contribution in [-0.4, -0.2) is 5.11 Å². The largest absolute Gasteiger partial charge is 0.388 e. The van der Waals surface area contributed by atoms with Crippen LogP contribution in [0.4, 0.5) is 0 Å². The molecule has 0 amide bonds. The minimum absolute atomic E-state index is 0.431. The molecule has 0 saturated carbocycles. The summed E-state index contributed by atoms with van der Waals surface area (Å²) >= 11 is 3.43. The molecule has 1 rings (SSSR count). The lowest BCUT2D eigenvalue weighted by Crippen LogP contribution is -1.98. The third kappa shape index (κ3) is 2.96. The average molecular weight is 255 g/mol. The zero-order valence-corrected chi connectivity index (χ0v) is 10.1. The van der Waals surface area contributed by atoms with Crippen LogP contribution in [0.2, 0.25) is 0 Å². The van der Waals surface area contributed by atoms with E-state index in [1.54, 1.807) is 0 Å². The molecule has 2 heteroatoms. The van der Waals surface area contributed by atoms with Gasteiger partial charge in [-0.2, -0.15) is 0 Å². The predicted octanol–water partition coefficient (Wildman–Crippen LogP) is 3.76. The van der Waals surface area contributed by atoms with Crippen molar-refractivity contribution >= 4 is 15.9 Å². The van der Waals surface area contributed by atoms with E-state index in [-0.39, 0.29) is 0 Å². The summed E-state index contributed by atoms with van der Waals surface area (Å²) in [5.74, 6) is 0. The number of hydrogen-bond donors (Lipinski definition) is 1. The second-order valence-corrected chi connectivity index (χ2v) is 4.54.